The van der Waals surface area contributed by atoms with Gasteiger partial charge in [0.15, 0.2) is 6.54 Å². The first-order chi connectivity index (χ1) is 18.0. The van der Waals surface area contributed by atoms with E-state index >= 15 is 0 Å². The average Bonchev–Trinajstić information content (AvgIpc) is 3.35. The minimum atomic E-state index is -4.68. The second kappa shape index (κ2) is 10.7. The van der Waals surface area contributed by atoms with Crippen LogP contribution < -0.4 is 9.47 Å². The Labute approximate surface area is 226 Å². The van der Waals surface area contributed by atoms with Gasteiger partial charge in [-0.15, -0.1) is 0 Å². The highest BCUT2D eigenvalue weighted by Crippen LogP contribution is 2.47. The van der Waals surface area contributed by atoms with Crippen molar-refractivity contribution in [2.24, 2.45) is 0 Å². The summed E-state index contributed by atoms with van der Waals surface area (Å²) < 4.78 is 66.6. The van der Waals surface area contributed by atoms with Crippen LogP contribution in [0.25, 0.3) is 27.1 Å². The van der Waals surface area contributed by atoms with Gasteiger partial charge in [0.1, 0.15) is 10.5 Å². The molecule has 200 valence electrons. The number of phosphoric acid groups is 1. The summed E-state index contributed by atoms with van der Waals surface area (Å²) in [5, 5.41) is 3.53. The molecule has 3 aromatic carbocycles. The van der Waals surface area contributed by atoms with Gasteiger partial charge in [-0.25, -0.2) is 17.4 Å². The van der Waals surface area contributed by atoms with Crippen molar-refractivity contribution in [1.29, 1.82) is 0 Å². The molecule has 0 amide bonds. The molecule has 9 nitrogen and oxygen atoms in total. The normalized spacial score (nSPS) is 15.2. The molecule has 1 aliphatic rings. The van der Waals surface area contributed by atoms with Crippen LogP contribution in [0.4, 0.5) is 10.1 Å². The summed E-state index contributed by atoms with van der Waals surface area (Å²) in [6.45, 7) is 0.0473. The maximum atomic E-state index is 14.1. The zero-order valence-electron chi connectivity index (χ0n) is 19.7. The first kappa shape index (κ1) is 27.2. The smallest absolute Gasteiger partial charge is 0.469 e. The molecule has 0 fully saturated rings. The van der Waals surface area contributed by atoms with Crippen molar-refractivity contribution >= 4 is 73.8 Å². The number of aryl methyl sites for hydroxylation is 1. The number of aromatic nitrogens is 1. The van der Waals surface area contributed by atoms with E-state index in [0.29, 0.717) is 10.7 Å². The number of halogens is 1. The number of nitrogens with zero attached hydrogens (tertiary/aromatic N) is 2. The van der Waals surface area contributed by atoms with Crippen molar-refractivity contribution in [2.75, 3.05) is 23.8 Å². The third kappa shape index (κ3) is 6.11. The SMILES string of the molecule is O=P(O)(O)OCCN1C(=Cc2sc3c4ccccc4ccc3[n+]2CCCS(=O)(=O)[O-])Sc2ccc(F)cc21. The van der Waals surface area contributed by atoms with E-state index in [1.165, 1.54) is 35.2 Å². The molecule has 0 saturated heterocycles. The Morgan fingerprint density at radius 2 is 1.95 bits per heavy atom. The number of thioether (sulfide) groups is 1. The van der Waals surface area contributed by atoms with E-state index in [9.17, 15) is 21.9 Å². The van der Waals surface area contributed by atoms with E-state index in [-0.39, 0.29) is 26.1 Å². The number of thiazole rings is 1. The number of hydrogen-bond donors (Lipinski definition) is 2. The quantitative estimate of drug-likeness (QED) is 0.164. The van der Waals surface area contributed by atoms with Crippen LogP contribution in [0.2, 0.25) is 0 Å². The lowest BCUT2D eigenvalue weighted by Gasteiger charge is -2.20. The standard InChI is InChI=1S/C24H22FN2O7PS3/c25-17-7-9-21-20(14-17)27(11-12-34-35(28,29)30)22(36-21)15-23-26(10-3-13-38(31,32)33)19-8-6-16-4-1-2-5-18(16)24(19)37-23/h1-2,4-9,14-15H,3,10-13H2,(H2-,28,29,30,31,32,33). The third-order valence-corrected chi connectivity index (χ3v) is 9.51. The summed E-state index contributed by atoms with van der Waals surface area (Å²) in [6, 6.07) is 16.2. The predicted octanol–water partition coefficient (Wildman–Crippen LogP) is 4.44. The number of anilines is 1. The summed E-state index contributed by atoms with van der Waals surface area (Å²) in [6.07, 6.45) is 2.01. The minimum Gasteiger partial charge on any atom is -0.748 e. The van der Waals surface area contributed by atoms with E-state index in [1.807, 2.05) is 47.0 Å². The molecular weight excluding hydrogens is 574 g/mol. The van der Waals surface area contributed by atoms with Crippen LogP contribution in [0.15, 0.2) is 64.5 Å². The van der Waals surface area contributed by atoms with Gasteiger partial charge < -0.3 is 19.2 Å². The van der Waals surface area contributed by atoms with Crippen molar-refractivity contribution in [3.63, 3.8) is 0 Å². The minimum absolute atomic E-state index is 0.0582. The van der Waals surface area contributed by atoms with E-state index in [4.69, 9.17) is 9.79 Å². The lowest BCUT2D eigenvalue weighted by Crippen LogP contribution is -2.36. The number of rotatable bonds is 9. The fraction of sp³-hybridized carbons (Fsp3) is 0.208. The highest BCUT2D eigenvalue weighted by molar-refractivity contribution is 8.03. The molecule has 38 heavy (non-hydrogen) atoms. The highest BCUT2D eigenvalue weighted by atomic mass is 32.2. The van der Waals surface area contributed by atoms with Gasteiger partial charge in [-0.2, -0.15) is 4.57 Å². The first-order valence-corrected chi connectivity index (χ1v) is 16.2. The molecular formula is C24H22FN2O7PS3. The molecule has 2 N–H and O–H groups in total. The molecule has 1 aromatic heterocycles. The van der Waals surface area contributed by atoms with E-state index < -0.39 is 29.5 Å². The summed E-state index contributed by atoms with van der Waals surface area (Å²) in [5.41, 5.74) is 1.43. The number of hydrogen-bond acceptors (Lipinski definition) is 8. The largest absolute Gasteiger partial charge is 0.748 e. The van der Waals surface area contributed by atoms with Crippen LogP contribution in [-0.2, 0) is 25.8 Å². The van der Waals surface area contributed by atoms with Gasteiger partial charge in [0.05, 0.1) is 33.5 Å². The van der Waals surface area contributed by atoms with Gasteiger partial charge >= 0.3 is 7.82 Å². The van der Waals surface area contributed by atoms with Crippen molar-refractivity contribution in [3.05, 3.63) is 70.5 Å². The predicted molar refractivity (Wildman–Crippen MR) is 144 cm³/mol. The molecule has 0 saturated carbocycles. The summed E-state index contributed by atoms with van der Waals surface area (Å²) in [7, 11) is -9.06. The van der Waals surface area contributed by atoms with Gasteiger partial charge in [0.2, 0.25) is 5.52 Å². The van der Waals surface area contributed by atoms with Gasteiger partial charge in [0.25, 0.3) is 5.01 Å². The van der Waals surface area contributed by atoms with Crippen LogP contribution in [0.3, 0.4) is 0 Å². The second-order valence-corrected chi connectivity index (χ2v) is 13.4. The summed E-state index contributed by atoms with van der Waals surface area (Å²) in [4.78, 5) is 20.7. The molecule has 0 spiro atoms. The Hall–Kier alpha value is -2.35. The molecule has 5 rings (SSSR count). The zero-order valence-corrected chi connectivity index (χ0v) is 23.0. The monoisotopic (exact) mass is 596 g/mol. The first-order valence-electron chi connectivity index (χ1n) is 11.4. The molecule has 1 aliphatic heterocycles. The van der Waals surface area contributed by atoms with E-state index in [2.05, 4.69) is 4.52 Å². The lowest BCUT2D eigenvalue weighted by atomic mass is 10.1. The van der Waals surface area contributed by atoms with Gasteiger partial charge in [-0.05, 0) is 29.7 Å². The zero-order chi connectivity index (χ0) is 27.1. The van der Waals surface area contributed by atoms with Crippen molar-refractivity contribution in [1.82, 2.24) is 0 Å². The summed E-state index contributed by atoms with van der Waals surface area (Å²) >= 11 is 2.87. The fourth-order valence-electron chi connectivity index (χ4n) is 4.34. The van der Waals surface area contributed by atoms with Gasteiger partial charge in [-0.3, -0.25) is 4.52 Å². The Morgan fingerprint density at radius 3 is 2.71 bits per heavy atom. The molecule has 4 aromatic rings. The average molecular weight is 597 g/mol. The van der Waals surface area contributed by atoms with Crippen LogP contribution in [-0.4, -0.2) is 41.7 Å². The third-order valence-electron chi connectivity index (χ3n) is 5.91. The second-order valence-electron chi connectivity index (χ2n) is 8.51. The van der Waals surface area contributed by atoms with Crippen LogP contribution in [0.5, 0.6) is 0 Å². The maximum Gasteiger partial charge on any atom is 0.469 e. The van der Waals surface area contributed by atoms with E-state index in [1.54, 1.807) is 11.0 Å². The Morgan fingerprint density at radius 1 is 1.16 bits per heavy atom. The van der Waals surface area contributed by atoms with Crippen molar-refractivity contribution in [2.45, 2.75) is 17.9 Å². The Kier molecular flexibility index (Phi) is 7.64. The number of benzene rings is 3. The van der Waals surface area contributed by atoms with Crippen molar-refractivity contribution in [3.8, 4) is 0 Å². The Bertz CT molecular complexity index is 1720. The highest BCUT2D eigenvalue weighted by Gasteiger charge is 2.29. The Balaban J connectivity index is 1.59. The topological polar surface area (TPSA) is 131 Å². The number of fused-ring (bicyclic) bond motifs is 4. The van der Waals surface area contributed by atoms with Crippen LogP contribution in [0.1, 0.15) is 11.4 Å². The molecule has 0 bridgehead atoms. The maximum absolute atomic E-state index is 14.1. The lowest BCUT2D eigenvalue weighted by molar-refractivity contribution is -0.668. The molecule has 2 heterocycles. The van der Waals surface area contributed by atoms with Gasteiger partial charge in [0, 0.05) is 35.1 Å². The summed E-state index contributed by atoms with van der Waals surface area (Å²) in [5.74, 6) is -0.944. The van der Waals surface area contributed by atoms with Gasteiger partial charge in [-0.1, -0.05) is 47.4 Å². The van der Waals surface area contributed by atoms with Crippen LogP contribution >= 0.6 is 30.9 Å². The molecule has 0 radical (unpaired) electrons. The fourth-order valence-corrected chi connectivity index (χ4v) is 7.58. The van der Waals surface area contributed by atoms with Crippen LogP contribution in [0, 0.1) is 5.82 Å². The number of phosphoric ester groups is 1. The van der Waals surface area contributed by atoms with Crippen molar-refractivity contribution < 1.29 is 40.8 Å². The molecule has 0 unspecified atom stereocenters. The molecule has 0 aliphatic carbocycles. The molecule has 14 heteroatoms. The van der Waals surface area contributed by atoms with E-state index in [0.717, 1.165) is 30.9 Å². The molecule has 0 atom stereocenters.